The zero-order valence-corrected chi connectivity index (χ0v) is 14.7. The molecule has 24 heavy (non-hydrogen) atoms. The van der Waals surface area contributed by atoms with E-state index in [1.165, 1.54) is 0 Å². The molecule has 132 valence electrons. The Morgan fingerprint density at radius 1 is 1.12 bits per heavy atom. The molecule has 0 saturated carbocycles. The van der Waals surface area contributed by atoms with Crippen molar-refractivity contribution in [3.05, 3.63) is 23.8 Å². The first kappa shape index (κ1) is 18.1. The highest BCUT2D eigenvalue weighted by Crippen LogP contribution is 2.27. The monoisotopic (exact) mass is 335 g/mol. The quantitative estimate of drug-likeness (QED) is 0.578. The fourth-order valence-electron chi connectivity index (χ4n) is 2.45. The van der Waals surface area contributed by atoms with Gasteiger partial charge in [0, 0.05) is 31.7 Å². The van der Waals surface area contributed by atoms with Gasteiger partial charge >= 0.3 is 0 Å². The number of oxime groups is 1. The van der Waals surface area contributed by atoms with Crippen LogP contribution in [0.15, 0.2) is 23.4 Å². The number of benzene rings is 1. The van der Waals surface area contributed by atoms with Crippen molar-refractivity contribution in [2.45, 2.75) is 6.92 Å². The van der Waals surface area contributed by atoms with Crippen LogP contribution in [0.1, 0.15) is 12.5 Å². The lowest BCUT2D eigenvalue weighted by atomic mass is 10.1. The van der Waals surface area contributed by atoms with Gasteiger partial charge in [-0.2, -0.15) is 0 Å². The Kier molecular flexibility index (Phi) is 6.43. The molecule has 1 saturated heterocycles. The molecule has 7 heteroatoms. The zero-order valence-electron chi connectivity index (χ0n) is 14.7. The Labute approximate surface area is 142 Å². The van der Waals surface area contributed by atoms with Crippen molar-refractivity contribution in [2.24, 2.45) is 5.16 Å². The second kappa shape index (κ2) is 8.54. The highest BCUT2D eigenvalue weighted by Gasteiger charge is 2.19. The van der Waals surface area contributed by atoms with Gasteiger partial charge < -0.3 is 24.1 Å². The van der Waals surface area contributed by atoms with Gasteiger partial charge in [0.25, 0.3) is 5.91 Å². The molecule has 0 N–H and O–H groups in total. The van der Waals surface area contributed by atoms with E-state index in [2.05, 4.69) is 17.1 Å². The van der Waals surface area contributed by atoms with Crippen molar-refractivity contribution in [2.75, 3.05) is 54.1 Å². The van der Waals surface area contributed by atoms with E-state index in [0.717, 1.165) is 31.7 Å². The largest absolute Gasteiger partial charge is 0.493 e. The summed E-state index contributed by atoms with van der Waals surface area (Å²) in [7, 11) is 5.22. The van der Waals surface area contributed by atoms with Crippen LogP contribution < -0.4 is 9.47 Å². The van der Waals surface area contributed by atoms with Crippen molar-refractivity contribution in [1.82, 2.24) is 9.80 Å². The van der Waals surface area contributed by atoms with Crippen molar-refractivity contribution >= 4 is 11.6 Å². The number of nitrogens with zero attached hydrogens (tertiary/aromatic N) is 3. The van der Waals surface area contributed by atoms with Crippen molar-refractivity contribution < 1.29 is 19.1 Å². The van der Waals surface area contributed by atoms with Crippen molar-refractivity contribution in [3.8, 4) is 11.5 Å². The van der Waals surface area contributed by atoms with Gasteiger partial charge in [0.05, 0.1) is 19.9 Å². The molecule has 7 nitrogen and oxygen atoms in total. The number of amides is 1. The molecule has 1 aromatic carbocycles. The Morgan fingerprint density at radius 3 is 2.42 bits per heavy atom. The highest BCUT2D eigenvalue weighted by atomic mass is 16.6. The second-order valence-electron chi connectivity index (χ2n) is 5.70. The average Bonchev–Trinajstić information content (AvgIpc) is 2.61. The summed E-state index contributed by atoms with van der Waals surface area (Å²) in [5.74, 6) is 1.24. The molecule has 0 bridgehead atoms. The van der Waals surface area contributed by atoms with Crippen LogP contribution in [-0.4, -0.2) is 75.5 Å². The minimum atomic E-state index is -0.0473. The van der Waals surface area contributed by atoms with E-state index < -0.39 is 0 Å². The Bertz CT molecular complexity index is 595. The summed E-state index contributed by atoms with van der Waals surface area (Å²) < 4.78 is 10.5. The summed E-state index contributed by atoms with van der Waals surface area (Å²) in [5.41, 5.74) is 1.52. The molecule has 0 unspecified atom stereocenters. The SMILES string of the molecule is COc1ccc(/C(C)=N\OCC(=O)N2CCN(C)CC2)cc1OC. The van der Waals surface area contributed by atoms with Gasteiger partial charge in [0.15, 0.2) is 18.1 Å². The third-order valence-electron chi connectivity index (χ3n) is 4.05. The summed E-state index contributed by atoms with van der Waals surface area (Å²) in [4.78, 5) is 21.3. The predicted octanol–water partition coefficient (Wildman–Crippen LogP) is 1.22. The molecule has 1 aromatic rings. The number of likely N-dealkylation sites (N-methyl/N-ethyl adjacent to an activating group) is 1. The molecule has 1 heterocycles. The first-order valence-corrected chi connectivity index (χ1v) is 7.90. The first-order valence-electron chi connectivity index (χ1n) is 7.90. The van der Waals surface area contributed by atoms with Crippen LogP contribution in [-0.2, 0) is 9.63 Å². The van der Waals surface area contributed by atoms with Gasteiger partial charge in [-0.15, -0.1) is 0 Å². The van der Waals surface area contributed by atoms with Gasteiger partial charge in [-0.3, -0.25) is 4.79 Å². The van der Waals surface area contributed by atoms with Crippen LogP contribution in [0.5, 0.6) is 11.5 Å². The average molecular weight is 335 g/mol. The molecular formula is C17H25N3O4. The second-order valence-corrected chi connectivity index (χ2v) is 5.70. The topological polar surface area (TPSA) is 63.6 Å². The third kappa shape index (κ3) is 4.61. The number of carbonyl (C=O) groups excluding carboxylic acids is 1. The fourth-order valence-corrected chi connectivity index (χ4v) is 2.45. The van der Waals surface area contributed by atoms with Crippen LogP contribution in [0.3, 0.4) is 0 Å². The molecule has 1 amide bonds. The summed E-state index contributed by atoms with van der Waals surface area (Å²) >= 11 is 0. The van der Waals surface area contributed by atoms with Crippen LogP contribution in [0.4, 0.5) is 0 Å². The van der Waals surface area contributed by atoms with E-state index in [-0.39, 0.29) is 12.5 Å². The minimum Gasteiger partial charge on any atom is -0.493 e. The molecule has 0 spiro atoms. The summed E-state index contributed by atoms with van der Waals surface area (Å²) in [6.07, 6.45) is 0. The number of methoxy groups -OCH3 is 2. The Hall–Kier alpha value is -2.28. The van der Waals surface area contributed by atoms with Gasteiger partial charge in [-0.25, -0.2) is 0 Å². The molecule has 0 atom stereocenters. The third-order valence-corrected chi connectivity index (χ3v) is 4.05. The molecule has 1 aliphatic heterocycles. The van der Waals surface area contributed by atoms with Crippen LogP contribution in [0, 0.1) is 0 Å². The van der Waals surface area contributed by atoms with E-state index in [9.17, 15) is 4.79 Å². The first-order chi connectivity index (χ1) is 11.5. The molecule has 0 radical (unpaired) electrons. The Morgan fingerprint density at radius 2 is 1.79 bits per heavy atom. The summed E-state index contributed by atoms with van der Waals surface area (Å²) in [6.45, 7) is 5.02. The maximum Gasteiger partial charge on any atom is 0.263 e. The number of ether oxygens (including phenoxy) is 2. The van der Waals surface area contributed by atoms with E-state index in [0.29, 0.717) is 17.2 Å². The van der Waals surface area contributed by atoms with E-state index in [1.54, 1.807) is 19.1 Å². The van der Waals surface area contributed by atoms with Gasteiger partial charge in [-0.1, -0.05) is 5.16 Å². The van der Waals surface area contributed by atoms with Crippen LogP contribution in [0.25, 0.3) is 0 Å². The normalized spacial score (nSPS) is 16.0. The van der Waals surface area contributed by atoms with Crippen molar-refractivity contribution in [3.63, 3.8) is 0 Å². The standard InChI is InChI=1S/C17H25N3O4/c1-13(14-5-6-15(22-3)16(11-14)23-4)18-24-12-17(21)20-9-7-19(2)8-10-20/h5-6,11H,7-10,12H2,1-4H3/b18-13-. The molecule has 0 aliphatic carbocycles. The van der Waals surface area contributed by atoms with Gasteiger partial charge in [0.2, 0.25) is 0 Å². The maximum atomic E-state index is 12.1. The number of rotatable bonds is 6. The van der Waals surface area contributed by atoms with E-state index >= 15 is 0 Å². The number of piperazine rings is 1. The lowest BCUT2D eigenvalue weighted by molar-refractivity contribution is -0.137. The number of hydrogen-bond donors (Lipinski definition) is 0. The van der Waals surface area contributed by atoms with E-state index in [1.807, 2.05) is 25.1 Å². The molecule has 1 fully saturated rings. The molecule has 2 rings (SSSR count). The predicted molar refractivity (Wildman–Crippen MR) is 91.8 cm³/mol. The van der Waals surface area contributed by atoms with Crippen LogP contribution >= 0.6 is 0 Å². The molecular weight excluding hydrogens is 310 g/mol. The minimum absolute atomic E-state index is 0.0352. The number of hydrogen-bond acceptors (Lipinski definition) is 6. The Balaban J connectivity index is 1.90. The smallest absolute Gasteiger partial charge is 0.263 e. The lowest BCUT2D eigenvalue weighted by Gasteiger charge is -2.32. The van der Waals surface area contributed by atoms with Crippen molar-refractivity contribution in [1.29, 1.82) is 0 Å². The van der Waals surface area contributed by atoms with E-state index in [4.69, 9.17) is 14.3 Å². The lowest BCUT2D eigenvalue weighted by Crippen LogP contribution is -2.48. The van der Waals surface area contributed by atoms with Gasteiger partial charge in [0.1, 0.15) is 0 Å². The molecule has 0 aromatic heterocycles. The molecule has 1 aliphatic rings. The number of carbonyl (C=O) groups is 1. The zero-order chi connectivity index (χ0) is 17.5. The summed E-state index contributed by atoms with van der Waals surface area (Å²) in [6, 6.07) is 5.50. The highest BCUT2D eigenvalue weighted by molar-refractivity contribution is 5.98. The maximum absolute atomic E-state index is 12.1. The van der Waals surface area contributed by atoms with Gasteiger partial charge in [-0.05, 0) is 32.2 Å². The summed E-state index contributed by atoms with van der Waals surface area (Å²) in [5, 5.41) is 4.04. The van der Waals surface area contributed by atoms with Crippen LogP contribution in [0.2, 0.25) is 0 Å². The fraction of sp³-hybridized carbons (Fsp3) is 0.529.